The van der Waals surface area contributed by atoms with Crippen molar-refractivity contribution in [1.82, 2.24) is 15.2 Å². The fourth-order valence-electron chi connectivity index (χ4n) is 2.76. The molecule has 0 unspecified atom stereocenters. The van der Waals surface area contributed by atoms with Crippen LogP contribution in [-0.2, 0) is 4.74 Å². The van der Waals surface area contributed by atoms with E-state index in [1.165, 1.54) is 0 Å². The van der Waals surface area contributed by atoms with Gasteiger partial charge in [-0.3, -0.25) is 5.41 Å². The molecule has 0 spiro atoms. The van der Waals surface area contributed by atoms with Gasteiger partial charge in [-0.25, -0.2) is 9.79 Å². The Morgan fingerprint density at radius 2 is 2.00 bits per heavy atom. The highest BCUT2D eigenvalue weighted by Crippen LogP contribution is 2.13. The molecule has 0 saturated carbocycles. The van der Waals surface area contributed by atoms with E-state index in [1.807, 2.05) is 25.3 Å². The number of aromatic nitrogens is 1. The summed E-state index contributed by atoms with van der Waals surface area (Å²) < 4.78 is 5.42. The quantitative estimate of drug-likeness (QED) is 0.491. The monoisotopic (exact) mass is 368 g/mol. The fourth-order valence-corrected chi connectivity index (χ4v) is 2.76. The largest absolute Gasteiger partial charge is 0.378 e. The molecule has 1 aliphatic rings. The van der Waals surface area contributed by atoms with Crippen LogP contribution in [0, 0.1) is 5.41 Å². The van der Waals surface area contributed by atoms with E-state index in [1.54, 1.807) is 24.3 Å². The van der Waals surface area contributed by atoms with Crippen LogP contribution in [0.2, 0.25) is 0 Å². The normalized spacial score (nSPS) is 14.7. The minimum atomic E-state index is -0.250. The van der Waals surface area contributed by atoms with Crippen LogP contribution in [-0.4, -0.2) is 60.4 Å². The highest BCUT2D eigenvalue weighted by Gasteiger charge is 2.18. The Bertz CT molecular complexity index is 792. The van der Waals surface area contributed by atoms with Crippen LogP contribution in [0.15, 0.2) is 47.6 Å². The highest BCUT2D eigenvalue weighted by atomic mass is 16.5. The van der Waals surface area contributed by atoms with Gasteiger partial charge in [0.15, 0.2) is 11.7 Å². The first-order chi connectivity index (χ1) is 13.2. The average Bonchev–Trinajstić information content (AvgIpc) is 3.22. The summed E-state index contributed by atoms with van der Waals surface area (Å²) in [4.78, 5) is 21.4. The van der Waals surface area contributed by atoms with E-state index >= 15 is 0 Å². The Morgan fingerprint density at radius 3 is 2.63 bits per heavy atom. The minimum absolute atomic E-state index is 0.163. The van der Waals surface area contributed by atoms with Crippen LogP contribution in [0.25, 0.3) is 0 Å². The molecule has 3 rings (SSSR count). The zero-order valence-corrected chi connectivity index (χ0v) is 15.3. The van der Waals surface area contributed by atoms with Crippen LogP contribution in [0.1, 0.15) is 18.2 Å². The van der Waals surface area contributed by atoms with E-state index in [-0.39, 0.29) is 11.9 Å². The van der Waals surface area contributed by atoms with E-state index in [9.17, 15) is 4.79 Å². The zero-order chi connectivity index (χ0) is 19.1. The van der Waals surface area contributed by atoms with Crippen molar-refractivity contribution in [3.63, 3.8) is 0 Å². The number of rotatable bonds is 4. The molecule has 27 heavy (non-hydrogen) atoms. The van der Waals surface area contributed by atoms with Crippen molar-refractivity contribution in [3.05, 3.63) is 53.9 Å². The summed E-state index contributed by atoms with van der Waals surface area (Å²) in [7, 11) is 0. The van der Waals surface area contributed by atoms with Crippen LogP contribution < -0.4 is 10.6 Å². The number of ether oxygens (including phenoxy) is 1. The molecule has 8 heteroatoms. The summed E-state index contributed by atoms with van der Waals surface area (Å²) in [6, 6.07) is 10.7. The van der Waals surface area contributed by atoms with E-state index in [2.05, 4.69) is 25.5 Å². The van der Waals surface area contributed by atoms with Crippen molar-refractivity contribution >= 4 is 23.4 Å². The molecule has 8 nitrogen and oxygen atoms in total. The number of aromatic amines is 1. The number of carbonyl (C=O) groups excluding carboxylic acids is 1. The van der Waals surface area contributed by atoms with Gasteiger partial charge in [-0.05, 0) is 43.3 Å². The number of nitrogens with one attached hydrogen (secondary N) is 4. The number of anilines is 1. The number of nitrogens with zero attached hydrogens (tertiary/aromatic N) is 2. The molecule has 1 aromatic carbocycles. The SMILES string of the molecule is CCNC(=O)Nc1ccc(C(=N)/N=C(\c2ccc[nH]2)N2CCOCC2)cc1. The highest BCUT2D eigenvalue weighted by molar-refractivity contribution is 6.09. The Kier molecular flexibility index (Phi) is 6.22. The third-order valence-electron chi connectivity index (χ3n) is 4.12. The lowest BCUT2D eigenvalue weighted by Gasteiger charge is -2.29. The number of amides is 2. The summed E-state index contributed by atoms with van der Waals surface area (Å²) in [5, 5.41) is 13.8. The molecule has 2 aromatic rings. The molecule has 0 bridgehead atoms. The predicted molar refractivity (Wildman–Crippen MR) is 106 cm³/mol. The summed E-state index contributed by atoms with van der Waals surface area (Å²) in [5.41, 5.74) is 2.21. The first kappa shape index (κ1) is 18.7. The number of H-pyrrole nitrogens is 1. The maximum atomic E-state index is 11.6. The van der Waals surface area contributed by atoms with Crippen molar-refractivity contribution in [3.8, 4) is 0 Å². The Hall–Kier alpha value is -3.13. The fraction of sp³-hybridized carbons (Fsp3) is 0.316. The standard InChI is InChI=1S/C19H24N6O2/c1-2-21-19(26)23-15-7-5-14(6-8-15)17(20)24-18(16-4-3-9-22-16)25-10-12-27-13-11-25/h3-9,20,22H,2,10-13H2,1H3,(H2,21,23,26)/b20-17?,24-18+. The van der Waals surface area contributed by atoms with Crippen molar-refractivity contribution < 1.29 is 9.53 Å². The molecule has 1 aliphatic heterocycles. The Morgan fingerprint density at radius 1 is 1.26 bits per heavy atom. The minimum Gasteiger partial charge on any atom is -0.378 e. The molecule has 2 heterocycles. The molecule has 1 fully saturated rings. The van der Waals surface area contributed by atoms with Crippen LogP contribution in [0.4, 0.5) is 10.5 Å². The number of carbonyl (C=O) groups is 1. The van der Waals surface area contributed by atoms with E-state index < -0.39 is 0 Å². The molecular weight excluding hydrogens is 344 g/mol. The van der Waals surface area contributed by atoms with Gasteiger partial charge in [0.1, 0.15) is 0 Å². The number of urea groups is 1. The van der Waals surface area contributed by atoms with Crippen molar-refractivity contribution in [2.24, 2.45) is 4.99 Å². The molecule has 0 radical (unpaired) electrons. The summed E-state index contributed by atoms with van der Waals surface area (Å²) in [5.74, 6) is 0.897. The number of hydrogen-bond acceptors (Lipinski definition) is 3. The third-order valence-corrected chi connectivity index (χ3v) is 4.12. The number of amidine groups is 2. The van der Waals surface area contributed by atoms with Gasteiger partial charge in [0, 0.05) is 37.1 Å². The number of aliphatic imine (C=N–C) groups is 1. The third kappa shape index (κ3) is 4.95. The lowest BCUT2D eigenvalue weighted by Crippen LogP contribution is -2.41. The van der Waals surface area contributed by atoms with Crippen molar-refractivity contribution in [1.29, 1.82) is 5.41 Å². The van der Waals surface area contributed by atoms with Gasteiger partial charge in [-0.1, -0.05) is 0 Å². The molecule has 0 atom stereocenters. The first-order valence-corrected chi connectivity index (χ1v) is 8.96. The summed E-state index contributed by atoms with van der Waals surface area (Å²) >= 11 is 0. The molecule has 4 N–H and O–H groups in total. The second-order valence-corrected chi connectivity index (χ2v) is 6.03. The Labute approximate surface area is 158 Å². The van der Waals surface area contributed by atoms with Crippen LogP contribution in [0.5, 0.6) is 0 Å². The predicted octanol–water partition coefficient (Wildman–Crippen LogP) is 2.26. The Balaban J connectivity index is 1.77. The van der Waals surface area contributed by atoms with Crippen molar-refractivity contribution in [2.75, 3.05) is 38.2 Å². The van der Waals surface area contributed by atoms with Gasteiger partial charge in [-0.2, -0.15) is 0 Å². The molecule has 142 valence electrons. The van der Waals surface area contributed by atoms with E-state index in [0.717, 1.165) is 24.6 Å². The van der Waals surface area contributed by atoms with Crippen LogP contribution in [0.3, 0.4) is 0 Å². The van der Waals surface area contributed by atoms with Gasteiger partial charge in [-0.15, -0.1) is 0 Å². The lowest BCUT2D eigenvalue weighted by molar-refractivity contribution is 0.0682. The van der Waals surface area contributed by atoms with Crippen LogP contribution >= 0.6 is 0 Å². The van der Waals surface area contributed by atoms with Gasteiger partial charge in [0.25, 0.3) is 0 Å². The summed E-state index contributed by atoms with van der Waals surface area (Å²) in [6.07, 6.45) is 1.84. The maximum Gasteiger partial charge on any atom is 0.319 e. The molecule has 1 aromatic heterocycles. The number of hydrogen-bond donors (Lipinski definition) is 4. The number of morpholine rings is 1. The van der Waals surface area contributed by atoms with Crippen molar-refractivity contribution in [2.45, 2.75) is 6.92 Å². The second kappa shape index (κ2) is 9.00. The van der Waals surface area contributed by atoms with Gasteiger partial charge >= 0.3 is 6.03 Å². The van der Waals surface area contributed by atoms with Gasteiger partial charge < -0.3 is 25.3 Å². The molecular formula is C19H24N6O2. The average molecular weight is 368 g/mol. The molecule has 0 aliphatic carbocycles. The summed E-state index contributed by atoms with van der Waals surface area (Å²) in [6.45, 7) is 5.19. The lowest BCUT2D eigenvalue weighted by atomic mass is 10.2. The van der Waals surface area contributed by atoms with E-state index in [0.29, 0.717) is 31.0 Å². The molecule has 2 amide bonds. The number of benzene rings is 1. The topological polar surface area (TPSA) is 106 Å². The smallest absolute Gasteiger partial charge is 0.319 e. The first-order valence-electron chi connectivity index (χ1n) is 8.96. The second-order valence-electron chi connectivity index (χ2n) is 6.03. The van der Waals surface area contributed by atoms with Gasteiger partial charge in [0.05, 0.1) is 18.9 Å². The van der Waals surface area contributed by atoms with Gasteiger partial charge in [0.2, 0.25) is 0 Å². The zero-order valence-electron chi connectivity index (χ0n) is 15.3. The molecule has 1 saturated heterocycles. The maximum absolute atomic E-state index is 11.6. The van der Waals surface area contributed by atoms with E-state index in [4.69, 9.17) is 10.1 Å².